The first-order valence-corrected chi connectivity index (χ1v) is 11.9. The van der Waals surface area contributed by atoms with Gasteiger partial charge in [0.05, 0.1) is 30.0 Å². The lowest BCUT2D eigenvalue weighted by atomic mass is 10.2. The summed E-state index contributed by atoms with van der Waals surface area (Å²) in [7, 11) is -2.21. The molecule has 1 heterocycles. The lowest BCUT2D eigenvalue weighted by Crippen LogP contribution is -2.18. The number of hydrogen-bond donors (Lipinski definition) is 0. The molecule has 0 radical (unpaired) electrons. The van der Waals surface area contributed by atoms with Crippen LogP contribution in [-0.2, 0) is 19.4 Å². The molecule has 0 aliphatic carbocycles. The zero-order valence-electron chi connectivity index (χ0n) is 18.1. The van der Waals surface area contributed by atoms with Gasteiger partial charge in [-0.2, -0.15) is 0 Å². The van der Waals surface area contributed by atoms with Crippen LogP contribution in [0.1, 0.15) is 39.5 Å². The van der Waals surface area contributed by atoms with Crippen molar-refractivity contribution in [1.29, 1.82) is 0 Å². The second-order valence-corrected chi connectivity index (χ2v) is 9.94. The van der Waals surface area contributed by atoms with E-state index in [-0.39, 0.29) is 11.1 Å². The summed E-state index contributed by atoms with van der Waals surface area (Å²) in [6.45, 7) is 3.81. The maximum atomic E-state index is 13.0. The van der Waals surface area contributed by atoms with Crippen molar-refractivity contribution < 1.29 is 22.7 Å². The maximum absolute atomic E-state index is 13.0. The van der Waals surface area contributed by atoms with Gasteiger partial charge in [0.25, 0.3) is 0 Å². The number of sulfone groups is 1. The standard InChI is InChI=1S/C23H28N2O5S/c1-17(2)31(27,28)23-24-20-14-13-19(30-15-9-5-8-12-22(26)29-3)16-21(20)25(23)18-10-6-4-7-11-18/h4,6-7,10-11,13-14,16-17H,5,8-9,12,15H2,1-3H3. The van der Waals surface area contributed by atoms with Crippen LogP contribution in [0.4, 0.5) is 0 Å². The number of rotatable bonds is 10. The van der Waals surface area contributed by atoms with Gasteiger partial charge in [0, 0.05) is 18.2 Å². The second-order valence-electron chi connectivity index (χ2n) is 7.54. The summed E-state index contributed by atoms with van der Waals surface area (Å²) in [4.78, 5) is 15.6. The van der Waals surface area contributed by atoms with Crippen molar-refractivity contribution in [2.24, 2.45) is 0 Å². The van der Waals surface area contributed by atoms with E-state index in [0.29, 0.717) is 29.8 Å². The van der Waals surface area contributed by atoms with Gasteiger partial charge in [-0.05, 0) is 57.4 Å². The van der Waals surface area contributed by atoms with Crippen molar-refractivity contribution in [3.8, 4) is 11.4 Å². The van der Waals surface area contributed by atoms with Crippen molar-refractivity contribution in [1.82, 2.24) is 9.55 Å². The molecule has 3 rings (SSSR count). The second kappa shape index (κ2) is 9.96. The predicted molar refractivity (Wildman–Crippen MR) is 119 cm³/mol. The van der Waals surface area contributed by atoms with Crippen molar-refractivity contribution >= 4 is 26.8 Å². The minimum atomic E-state index is -3.59. The van der Waals surface area contributed by atoms with Crippen LogP contribution in [0, 0.1) is 0 Å². The molecular formula is C23H28N2O5S. The highest BCUT2D eigenvalue weighted by Crippen LogP contribution is 2.29. The molecule has 7 nitrogen and oxygen atoms in total. The van der Waals surface area contributed by atoms with E-state index in [9.17, 15) is 13.2 Å². The Bertz CT molecular complexity index is 1140. The van der Waals surface area contributed by atoms with Gasteiger partial charge >= 0.3 is 5.97 Å². The van der Waals surface area contributed by atoms with Gasteiger partial charge in [-0.1, -0.05) is 18.2 Å². The highest BCUT2D eigenvalue weighted by atomic mass is 32.2. The van der Waals surface area contributed by atoms with E-state index in [0.717, 1.165) is 24.9 Å². The molecule has 31 heavy (non-hydrogen) atoms. The van der Waals surface area contributed by atoms with Crippen LogP contribution in [0.3, 0.4) is 0 Å². The van der Waals surface area contributed by atoms with Gasteiger partial charge in [0.15, 0.2) is 0 Å². The minimum absolute atomic E-state index is 0.0312. The molecule has 0 spiro atoms. The summed E-state index contributed by atoms with van der Waals surface area (Å²) in [5, 5.41) is -0.559. The molecule has 0 N–H and O–H groups in total. The Kier molecular flexibility index (Phi) is 7.33. The fourth-order valence-corrected chi connectivity index (χ4v) is 4.30. The van der Waals surface area contributed by atoms with E-state index in [4.69, 9.17) is 4.74 Å². The number of ether oxygens (including phenoxy) is 2. The van der Waals surface area contributed by atoms with Crippen molar-refractivity contribution in [2.75, 3.05) is 13.7 Å². The Morgan fingerprint density at radius 3 is 2.48 bits per heavy atom. The fraction of sp³-hybridized carbons (Fsp3) is 0.391. The summed E-state index contributed by atoms with van der Waals surface area (Å²) < 4.78 is 38.1. The normalized spacial score (nSPS) is 11.7. The van der Waals surface area contributed by atoms with E-state index in [1.165, 1.54) is 7.11 Å². The molecule has 0 amide bonds. The third kappa shape index (κ3) is 5.25. The zero-order chi connectivity index (χ0) is 22.4. The quantitative estimate of drug-likeness (QED) is 0.342. The molecule has 0 aliphatic rings. The van der Waals surface area contributed by atoms with Crippen LogP contribution in [0.2, 0.25) is 0 Å². The van der Waals surface area contributed by atoms with Crippen LogP contribution >= 0.6 is 0 Å². The highest BCUT2D eigenvalue weighted by molar-refractivity contribution is 7.91. The number of hydrogen-bond acceptors (Lipinski definition) is 6. The van der Waals surface area contributed by atoms with Crippen molar-refractivity contribution in [3.05, 3.63) is 48.5 Å². The summed E-state index contributed by atoms with van der Waals surface area (Å²) in [6, 6.07) is 14.7. The van der Waals surface area contributed by atoms with E-state index in [1.807, 2.05) is 36.4 Å². The lowest BCUT2D eigenvalue weighted by Gasteiger charge is -2.12. The average Bonchev–Trinajstić information content (AvgIpc) is 3.16. The maximum Gasteiger partial charge on any atom is 0.305 e. The number of nitrogens with zero attached hydrogens (tertiary/aromatic N) is 2. The molecule has 166 valence electrons. The summed E-state index contributed by atoms with van der Waals surface area (Å²) in [5.41, 5.74) is 1.99. The number of unbranched alkanes of at least 4 members (excludes halogenated alkanes) is 2. The number of aromatic nitrogens is 2. The van der Waals surface area contributed by atoms with Crippen molar-refractivity contribution in [2.45, 2.75) is 49.9 Å². The molecule has 0 atom stereocenters. The summed E-state index contributed by atoms with van der Waals surface area (Å²) in [6.07, 6.45) is 2.83. The van der Waals surface area contributed by atoms with Gasteiger partial charge in [-0.15, -0.1) is 0 Å². The number of fused-ring (bicyclic) bond motifs is 1. The van der Waals surface area contributed by atoms with E-state index in [2.05, 4.69) is 9.72 Å². The first kappa shape index (κ1) is 22.8. The first-order chi connectivity index (χ1) is 14.8. The van der Waals surface area contributed by atoms with Crippen molar-refractivity contribution in [3.63, 3.8) is 0 Å². The number of methoxy groups -OCH3 is 1. The topological polar surface area (TPSA) is 87.5 Å². The Morgan fingerprint density at radius 1 is 1.06 bits per heavy atom. The Hall–Kier alpha value is -2.87. The molecule has 3 aromatic rings. The molecule has 0 saturated heterocycles. The predicted octanol–water partition coefficient (Wildman–Crippen LogP) is 4.32. The molecule has 0 aliphatic heterocycles. The minimum Gasteiger partial charge on any atom is -0.494 e. The largest absolute Gasteiger partial charge is 0.494 e. The van der Waals surface area contributed by atoms with Crippen LogP contribution in [0.5, 0.6) is 5.75 Å². The third-order valence-electron chi connectivity index (χ3n) is 5.01. The molecular weight excluding hydrogens is 416 g/mol. The van der Waals surface area contributed by atoms with Crippen LogP contribution in [0.25, 0.3) is 16.7 Å². The SMILES string of the molecule is COC(=O)CCCCCOc1ccc2nc(S(=O)(=O)C(C)C)n(-c3ccccc3)c2c1. The number of esters is 1. The Labute approximate surface area is 182 Å². The van der Waals surface area contributed by atoms with Gasteiger partial charge in [0.1, 0.15) is 5.75 Å². The van der Waals surface area contributed by atoms with Crippen LogP contribution in [0.15, 0.2) is 53.7 Å². The zero-order valence-corrected chi connectivity index (χ0v) is 18.9. The van der Waals surface area contributed by atoms with Gasteiger partial charge in [0.2, 0.25) is 15.0 Å². The summed E-state index contributed by atoms with van der Waals surface area (Å²) >= 11 is 0. The molecule has 2 aromatic carbocycles. The van der Waals surface area contributed by atoms with Crippen LogP contribution in [-0.4, -0.2) is 42.9 Å². The van der Waals surface area contributed by atoms with Crippen LogP contribution < -0.4 is 4.74 Å². The first-order valence-electron chi connectivity index (χ1n) is 10.4. The Morgan fingerprint density at radius 2 is 1.81 bits per heavy atom. The van der Waals surface area contributed by atoms with Gasteiger partial charge in [-0.3, -0.25) is 9.36 Å². The van der Waals surface area contributed by atoms with E-state index in [1.54, 1.807) is 30.5 Å². The number of benzene rings is 2. The average molecular weight is 445 g/mol. The third-order valence-corrected chi connectivity index (χ3v) is 7.03. The smallest absolute Gasteiger partial charge is 0.305 e. The number of imidazole rings is 1. The monoisotopic (exact) mass is 444 g/mol. The van der Waals surface area contributed by atoms with Gasteiger partial charge in [-0.25, -0.2) is 13.4 Å². The van der Waals surface area contributed by atoms with E-state index >= 15 is 0 Å². The summed E-state index contributed by atoms with van der Waals surface area (Å²) in [5.74, 6) is 0.443. The number of carbonyl (C=O) groups excluding carboxylic acids is 1. The highest BCUT2D eigenvalue weighted by Gasteiger charge is 2.28. The van der Waals surface area contributed by atoms with Gasteiger partial charge < -0.3 is 9.47 Å². The number of para-hydroxylation sites is 1. The lowest BCUT2D eigenvalue weighted by molar-refractivity contribution is -0.140. The fourth-order valence-electron chi connectivity index (χ4n) is 3.19. The van der Waals surface area contributed by atoms with E-state index < -0.39 is 15.1 Å². The number of carbonyl (C=O) groups is 1. The Balaban J connectivity index is 1.85. The molecule has 0 bridgehead atoms. The molecule has 0 saturated carbocycles. The molecule has 0 unspecified atom stereocenters. The molecule has 8 heteroatoms. The molecule has 1 aromatic heterocycles. The molecule has 0 fully saturated rings.